The summed E-state index contributed by atoms with van der Waals surface area (Å²) in [5, 5.41) is 3.73. The number of benzene rings is 1. The molecule has 1 aromatic rings. The van der Waals surface area contributed by atoms with Gasteiger partial charge in [0, 0.05) is 17.4 Å². The highest BCUT2D eigenvalue weighted by molar-refractivity contribution is 9.09. The third-order valence-electron chi connectivity index (χ3n) is 1.95. The molecule has 0 aliphatic carbocycles. The maximum absolute atomic E-state index is 11.6. The van der Waals surface area contributed by atoms with Gasteiger partial charge in [-0.25, -0.2) is 0 Å². The lowest BCUT2D eigenvalue weighted by Gasteiger charge is -2.04. The summed E-state index contributed by atoms with van der Waals surface area (Å²) in [6, 6.07) is 7.06. The summed E-state index contributed by atoms with van der Waals surface area (Å²) in [4.78, 5) is 11.6. The second kappa shape index (κ2) is 6.45. The average Bonchev–Trinajstić information content (AvgIpc) is 2.29. The van der Waals surface area contributed by atoms with Crippen LogP contribution >= 0.6 is 15.9 Å². The minimum atomic E-state index is -0.0430. The summed E-state index contributed by atoms with van der Waals surface area (Å²) in [5.74, 6) is 0.714. The van der Waals surface area contributed by atoms with E-state index in [0.717, 1.165) is 17.5 Å². The molecule has 3 nitrogen and oxygen atoms in total. The number of carbonyl (C=O) groups is 1. The minimum Gasteiger partial charge on any atom is -0.497 e. The molecule has 0 spiro atoms. The Labute approximate surface area is 97.9 Å². The molecule has 82 valence electrons. The lowest BCUT2D eigenvalue weighted by atomic mass is 10.2. The van der Waals surface area contributed by atoms with Crippen molar-refractivity contribution < 1.29 is 9.53 Å². The quantitative estimate of drug-likeness (QED) is 0.659. The van der Waals surface area contributed by atoms with Gasteiger partial charge in [-0.2, -0.15) is 0 Å². The van der Waals surface area contributed by atoms with Crippen molar-refractivity contribution in [3.05, 3.63) is 29.8 Å². The van der Waals surface area contributed by atoms with E-state index in [-0.39, 0.29) is 5.91 Å². The van der Waals surface area contributed by atoms with Crippen molar-refractivity contribution in [2.45, 2.75) is 6.42 Å². The lowest BCUT2D eigenvalue weighted by Crippen LogP contribution is -2.24. The van der Waals surface area contributed by atoms with E-state index in [2.05, 4.69) is 21.2 Å². The molecule has 0 aliphatic heterocycles. The summed E-state index contributed by atoms with van der Waals surface area (Å²) in [6.45, 7) is 0.691. The van der Waals surface area contributed by atoms with E-state index >= 15 is 0 Å². The molecule has 0 saturated carbocycles. The zero-order chi connectivity index (χ0) is 11.1. The molecule has 1 aromatic carbocycles. The Kier molecular flexibility index (Phi) is 5.18. The van der Waals surface area contributed by atoms with Crippen molar-refractivity contribution in [1.29, 1.82) is 0 Å². The average molecular weight is 272 g/mol. The maximum atomic E-state index is 11.6. The minimum absolute atomic E-state index is 0.0430. The first-order chi connectivity index (χ1) is 7.27. The highest BCUT2D eigenvalue weighted by atomic mass is 79.9. The highest BCUT2D eigenvalue weighted by Gasteiger charge is 2.03. The molecule has 0 saturated heterocycles. The molecule has 0 aliphatic rings. The number of nitrogens with one attached hydrogen (secondary N) is 1. The van der Waals surface area contributed by atoms with Crippen molar-refractivity contribution in [3.8, 4) is 5.75 Å². The molecule has 0 aromatic heterocycles. The van der Waals surface area contributed by atoms with Crippen molar-refractivity contribution in [2.24, 2.45) is 0 Å². The van der Waals surface area contributed by atoms with Gasteiger partial charge < -0.3 is 10.1 Å². The third-order valence-corrected chi connectivity index (χ3v) is 2.51. The van der Waals surface area contributed by atoms with Crippen LogP contribution in [-0.2, 0) is 0 Å². The normalized spacial score (nSPS) is 9.73. The zero-order valence-corrected chi connectivity index (χ0v) is 10.2. The van der Waals surface area contributed by atoms with Gasteiger partial charge in [-0.3, -0.25) is 4.79 Å². The van der Waals surface area contributed by atoms with Crippen LogP contribution < -0.4 is 10.1 Å². The van der Waals surface area contributed by atoms with Crippen molar-refractivity contribution >= 4 is 21.8 Å². The van der Waals surface area contributed by atoms with E-state index in [1.165, 1.54) is 0 Å². The van der Waals surface area contributed by atoms with Gasteiger partial charge in [-0.05, 0) is 30.7 Å². The number of ether oxygens (including phenoxy) is 1. The number of halogens is 1. The number of hydrogen-bond donors (Lipinski definition) is 1. The van der Waals surface area contributed by atoms with Crippen LogP contribution in [0.25, 0.3) is 0 Å². The summed E-state index contributed by atoms with van der Waals surface area (Å²) in [7, 11) is 1.60. The molecule has 0 unspecified atom stereocenters. The molecule has 1 N–H and O–H groups in total. The standard InChI is InChI=1S/C11H14BrNO2/c1-15-10-5-3-9(4-6-10)11(14)13-8-2-7-12/h3-6H,2,7-8H2,1H3,(H,13,14). The molecule has 4 heteroatoms. The van der Waals surface area contributed by atoms with Gasteiger partial charge >= 0.3 is 0 Å². The van der Waals surface area contributed by atoms with E-state index in [4.69, 9.17) is 4.74 Å². The smallest absolute Gasteiger partial charge is 0.251 e. The Hall–Kier alpha value is -1.03. The molecule has 0 fully saturated rings. The lowest BCUT2D eigenvalue weighted by molar-refractivity contribution is 0.0954. The Morgan fingerprint density at radius 1 is 1.40 bits per heavy atom. The van der Waals surface area contributed by atoms with Gasteiger partial charge in [0.05, 0.1) is 7.11 Å². The largest absolute Gasteiger partial charge is 0.497 e. The number of hydrogen-bond acceptors (Lipinski definition) is 2. The van der Waals surface area contributed by atoms with Crippen LogP contribution in [0.4, 0.5) is 0 Å². The molecule has 1 rings (SSSR count). The molecule has 15 heavy (non-hydrogen) atoms. The third kappa shape index (κ3) is 3.91. The van der Waals surface area contributed by atoms with Gasteiger partial charge in [-0.15, -0.1) is 0 Å². The second-order valence-electron chi connectivity index (χ2n) is 3.03. The zero-order valence-electron chi connectivity index (χ0n) is 8.63. The van der Waals surface area contributed by atoms with Crippen LogP contribution in [0.15, 0.2) is 24.3 Å². The summed E-state index contributed by atoms with van der Waals surface area (Å²) < 4.78 is 5.01. The van der Waals surface area contributed by atoms with E-state index in [0.29, 0.717) is 12.1 Å². The van der Waals surface area contributed by atoms with Gasteiger partial charge in [0.15, 0.2) is 0 Å². The number of methoxy groups -OCH3 is 1. The Morgan fingerprint density at radius 2 is 2.07 bits per heavy atom. The summed E-state index contributed by atoms with van der Waals surface area (Å²) in [5.41, 5.74) is 0.658. The first kappa shape index (κ1) is 12.0. The van der Waals surface area contributed by atoms with Crippen LogP contribution in [0, 0.1) is 0 Å². The molecule has 0 heterocycles. The fourth-order valence-corrected chi connectivity index (χ4v) is 1.39. The van der Waals surface area contributed by atoms with Gasteiger partial charge in [0.1, 0.15) is 5.75 Å². The van der Waals surface area contributed by atoms with Gasteiger partial charge in [0.2, 0.25) is 0 Å². The van der Waals surface area contributed by atoms with E-state index in [1.54, 1.807) is 31.4 Å². The first-order valence-electron chi connectivity index (χ1n) is 4.76. The van der Waals surface area contributed by atoms with Crippen LogP contribution in [-0.4, -0.2) is 24.9 Å². The Morgan fingerprint density at radius 3 is 2.60 bits per heavy atom. The maximum Gasteiger partial charge on any atom is 0.251 e. The van der Waals surface area contributed by atoms with Crippen LogP contribution in [0.3, 0.4) is 0 Å². The van der Waals surface area contributed by atoms with Gasteiger partial charge in [0.25, 0.3) is 5.91 Å². The molecular formula is C11H14BrNO2. The van der Waals surface area contributed by atoms with E-state index < -0.39 is 0 Å². The van der Waals surface area contributed by atoms with Crippen LogP contribution in [0.5, 0.6) is 5.75 Å². The monoisotopic (exact) mass is 271 g/mol. The number of rotatable bonds is 5. The van der Waals surface area contributed by atoms with E-state index in [9.17, 15) is 4.79 Å². The number of amides is 1. The first-order valence-corrected chi connectivity index (χ1v) is 5.88. The predicted octanol–water partition coefficient (Wildman–Crippen LogP) is 2.21. The fourth-order valence-electron chi connectivity index (χ4n) is 1.11. The van der Waals surface area contributed by atoms with Crippen molar-refractivity contribution in [1.82, 2.24) is 5.32 Å². The number of carbonyl (C=O) groups excluding carboxylic acids is 1. The van der Waals surface area contributed by atoms with Crippen molar-refractivity contribution in [2.75, 3.05) is 19.0 Å². The highest BCUT2D eigenvalue weighted by Crippen LogP contribution is 2.10. The predicted molar refractivity (Wildman–Crippen MR) is 63.7 cm³/mol. The second-order valence-corrected chi connectivity index (χ2v) is 3.82. The topological polar surface area (TPSA) is 38.3 Å². The van der Waals surface area contributed by atoms with Crippen LogP contribution in [0.1, 0.15) is 16.8 Å². The summed E-state index contributed by atoms with van der Waals surface area (Å²) >= 11 is 3.31. The Bertz CT molecular complexity index is 311. The number of alkyl halides is 1. The molecule has 0 bridgehead atoms. The van der Waals surface area contributed by atoms with E-state index in [1.807, 2.05) is 0 Å². The van der Waals surface area contributed by atoms with Gasteiger partial charge in [-0.1, -0.05) is 15.9 Å². The Balaban J connectivity index is 2.50. The fraction of sp³-hybridized carbons (Fsp3) is 0.364. The molecular weight excluding hydrogens is 258 g/mol. The molecule has 0 atom stereocenters. The van der Waals surface area contributed by atoms with Crippen LogP contribution in [0.2, 0.25) is 0 Å². The SMILES string of the molecule is COc1ccc(C(=O)NCCCBr)cc1. The molecule has 1 amide bonds. The molecule has 0 radical (unpaired) electrons. The van der Waals surface area contributed by atoms with Crippen molar-refractivity contribution in [3.63, 3.8) is 0 Å². The summed E-state index contributed by atoms with van der Waals surface area (Å²) in [6.07, 6.45) is 0.932.